The van der Waals surface area contributed by atoms with Gasteiger partial charge >= 0.3 is 0 Å². The van der Waals surface area contributed by atoms with E-state index in [1.54, 1.807) is 0 Å². The van der Waals surface area contributed by atoms with Crippen molar-refractivity contribution >= 4 is 0 Å². The Morgan fingerprint density at radius 1 is 1.19 bits per heavy atom. The van der Waals surface area contributed by atoms with Crippen LogP contribution < -0.4 is 5.32 Å². The summed E-state index contributed by atoms with van der Waals surface area (Å²) >= 11 is 0. The molecule has 21 heavy (non-hydrogen) atoms. The fourth-order valence-corrected chi connectivity index (χ4v) is 3.23. The zero-order chi connectivity index (χ0) is 15.9. The lowest BCUT2D eigenvalue weighted by molar-refractivity contribution is 0.0553. The Morgan fingerprint density at radius 3 is 2.38 bits per heavy atom. The van der Waals surface area contributed by atoms with Crippen LogP contribution in [0.5, 0.6) is 0 Å². The molecule has 3 nitrogen and oxygen atoms in total. The van der Waals surface area contributed by atoms with E-state index >= 15 is 0 Å². The first kappa shape index (κ1) is 18.9. The van der Waals surface area contributed by atoms with Crippen molar-refractivity contribution in [1.29, 1.82) is 0 Å². The number of nitrogens with zero attached hydrogens (tertiary/aromatic N) is 1. The molecule has 1 N–H and O–H groups in total. The van der Waals surface area contributed by atoms with Crippen LogP contribution in [-0.2, 0) is 4.74 Å². The van der Waals surface area contributed by atoms with Gasteiger partial charge < -0.3 is 15.0 Å². The topological polar surface area (TPSA) is 24.5 Å². The highest BCUT2D eigenvalue weighted by atomic mass is 16.5. The Labute approximate surface area is 132 Å². The van der Waals surface area contributed by atoms with Crippen molar-refractivity contribution in [1.82, 2.24) is 10.2 Å². The number of ether oxygens (including phenoxy) is 1. The fraction of sp³-hybridized carbons (Fsp3) is 1.00. The van der Waals surface area contributed by atoms with Crippen LogP contribution >= 0.6 is 0 Å². The molecule has 0 amide bonds. The van der Waals surface area contributed by atoms with Gasteiger partial charge in [-0.3, -0.25) is 0 Å². The quantitative estimate of drug-likeness (QED) is 0.703. The predicted molar refractivity (Wildman–Crippen MR) is 91.9 cm³/mol. The van der Waals surface area contributed by atoms with Crippen LogP contribution in [-0.4, -0.2) is 49.3 Å². The number of likely N-dealkylation sites (N-methyl/N-ethyl adjacent to an activating group) is 1. The SMILES string of the molecule is CCCC(C)(CNC(C)(C)C)CN(CC)CC1CCCO1. The number of hydrogen-bond donors (Lipinski definition) is 1. The summed E-state index contributed by atoms with van der Waals surface area (Å²) in [6.07, 6.45) is 5.46. The highest BCUT2D eigenvalue weighted by Gasteiger charge is 2.29. The van der Waals surface area contributed by atoms with Crippen molar-refractivity contribution in [2.24, 2.45) is 5.41 Å². The van der Waals surface area contributed by atoms with Crippen LogP contribution in [0.15, 0.2) is 0 Å². The molecule has 1 aliphatic heterocycles. The van der Waals surface area contributed by atoms with Crippen LogP contribution in [0.25, 0.3) is 0 Å². The summed E-state index contributed by atoms with van der Waals surface area (Å²) in [5, 5.41) is 3.71. The first-order chi connectivity index (χ1) is 9.78. The number of rotatable bonds is 9. The molecule has 1 saturated heterocycles. The molecule has 1 fully saturated rings. The molecule has 2 unspecified atom stereocenters. The summed E-state index contributed by atoms with van der Waals surface area (Å²) in [7, 11) is 0. The van der Waals surface area contributed by atoms with Crippen molar-refractivity contribution < 1.29 is 4.74 Å². The predicted octanol–water partition coefficient (Wildman–Crippen LogP) is 3.68. The van der Waals surface area contributed by atoms with Gasteiger partial charge in [0.25, 0.3) is 0 Å². The van der Waals surface area contributed by atoms with E-state index in [9.17, 15) is 0 Å². The van der Waals surface area contributed by atoms with E-state index in [4.69, 9.17) is 4.74 Å². The Kier molecular flexibility index (Phi) is 7.66. The lowest BCUT2D eigenvalue weighted by atomic mass is 9.84. The van der Waals surface area contributed by atoms with Gasteiger partial charge in [-0.1, -0.05) is 27.2 Å². The Hall–Kier alpha value is -0.120. The molecule has 0 radical (unpaired) electrons. The molecule has 0 aromatic heterocycles. The summed E-state index contributed by atoms with van der Waals surface area (Å²) in [5.41, 5.74) is 0.539. The van der Waals surface area contributed by atoms with Crippen LogP contribution in [0.2, 0.25) is 0 Å². The van der Waals surface area contributed by atoms with Gasteiger partial charge in [-0.15, -0.1) is 0 Å². The number of hydrogen-bond acceptors (Lipinski definition) is 3. The van der Waals surface area contributed by atoms with Gasteiger partial charge in [-0.2, -0.15) is 0 Å². The Morgan fingerprint density at radius 2 is 1.90 bits per heavy atom. The zero-order valence-electron chi connectivity index (χ0n) is 15.3. The average Bonchev–Trinajstić information content (AvgIpc) is 2.88. The molecular weight excluding hydrogens is 260 g/mol. The van der Waals surface area contributed by atoms with Crippen molar-refractivity contribution in [2.75, 3.05) is 32.8 Å². The fourth-order valence-electron chi connectivity index (χ4n) is 3.23. The second kappa shape index (κ2) is 8.50. The standard InChI is InChI=1S/C18H38N2O/c1-7-11-18(6,14-19-17(3,4)5)15-20(8-2)13-16-10-9-12-21-16/h16,19H,7-15H2,1-6H3. The molecule has 0 aromatic rings. The number of nitrogens with one attached hydrogen (secondary N) is 1. The largest absolute Gasteiger partial charge is 0.377 e. The minimum absolute atomic E-state index is 0.195. The van der Waals surface area contributed by atoms with Gasteiger partial charge in [0.1, 0.15) is 0 Å². The molecule has 0 saturated carbocycles. The van der Waals surface area contributed by atoms with Gasteiger partial charge in [0, 0.05) is 31.8 Å². The summed E-state index contributed by atoms with van der Waals surface area (Å²) in [6, 6.07) is 0. The van der Waals surface area contributed by atoms with E-state index < -0.39 is 0 Å². The van der Waals surface area contributed by atoms with Gasteiger partial charge in [0.2, 0.25) is 0 Å². The smallest absolute Gasteiger partial charge is 0.0702 e. The van der Waals surface area contributed by atoms with Gasteiger partial charge in [0.15, 0.2) is 0 Å². The summed E-state index contributed by atoms with van der Waals surface area (Å²) in [4.78, 5) is 2.59. The third-order valence-corrected chi connectivity index (χ3v) is 4.44. The maximum atomic E-state index is 5.82. The highest BCUT2D eigenvalue weighted by Crippen LogP contribution is 2.26. The molecule has 3 heteroatoms. The summed E-state index contributed by atoms with van der Waals surface area (Å²) < 4.78 is 5.82. The van der Waals surface area contributed by atoms with E-state index in [0.717, 1.165) is 26.2 Å². The lowest BCUT2D eigenvalue weighted by Crippen LogP contribution is -2.48. The summed E-state index contributed by atoms with van der Waals surface area (Å²) in [5.74, 6) is 0. The van der Waals surface area contributed by atoms with Crippen LogP contribution in [0.1, 0.15) is 67.2 Å². The molecule has 0 aromatic carbocycles. The first-order valence-electron chi connectivity index (χ1n) is 8.87. The molecule has 1 heterocycles. The highest BCUT2D eigenvalue weighted by molar-refractivity contribution is 4.85. The third-order valence-electron chi connectivity index (χ3n) is 4.44. The van der Waals surface area contributed by atoms with Crippen molar-refractivity contribution in [3.63, 3.8) is 0 Å². The molecule has 0 aliphatic carbocycles. The van der Waals surface area contributed by atoms with Crippen LogP contribution in [0.3, 0.4) is 0 Å². The van der Waals surface area contributed by atoms with Crippen LogP contribution in [0, 0.1) is 5.41 Å². The van der Waals surface area contributed by atoms with E-state index in [-0.39, 0.29) is 5.54 Å². The van der Waals surface area contributed by atoms with Gasteiger partial charge in [-0.05, 0) is 52.0 Å². The minimum Gasteiger partial charge on any atom is -0.377 e. The first-order valence-corrected chi connectivity index (χ1v) is 8.87. The van der Waals surface area contributed by atoms with Gasteiger partial charge in [-0.25, -0.2) is 0 Å². The van der Waals surface area contributed by atoms with Crippen molar-refractivity contribution in [3.05, 3.63) is 0 Å². The normalized spacial score (nSPS) is 22.7. The van der Waals surface area contributed by atoms with E-state index in [0.29, 0.717) is 11.5 Å². The second-order valence-electron chi connectivity index (χ2n) is 8.13. The van der Waals surface area contributed by atoms with Crippen molar-refractivity contribution in [3.8, 4) is 0 Å². The molecule has 0 spiro atoms. The Bertz CT molecular complexity index is 281. The lowest BCUT2D eigenvalue weighted by Gasteiger charge is -2.38. The molecule has 2 atom stereocenters. The Balaban J connectivity index is 2.55. The third kappa shape index (κ3) is 7.62. The van der Waals surface area contributed by atoms with E-state index in [2.05, 4.69) is 51.8 Å². The molecular formula is C18H38N2O. The molecule has 126 valence electrons. The minimum atomic E-state index is 0.195. The summed E-state index contributed by atoms with van der Waals surface area (Å²) in [6.45, 7) is 19.2. The van der Waals surface area contributed by atoms with E-state index in [1.165, 1.54) is 32.2 Å². The van der Waals surface area contributed by atoms with Crippen molar-refractivity contribution in [2.45, 2.75) is 78.9 Å². The molecule has 1 rings (SSSR count). The van der Waals surface area contributed by atoms with E-state index in [1.807, 2.05) is 0 Å². The monoisotopic (exact) mass is 298 g/mol. The zero-order valence-corrected chi connectivity index (χ0v) is 15.3. The molecule has 0 bridgehead atoms. The van der Waals surface area contributed by atoms with Crippen LogP contribution in [0.4, 0.5) is 0 Å². The maximum Gasteiger partial charge on any atom is 0.0702 e. The maximum absolute atomic E-state index is 5.82. The molecule has 1 aliphatic rings. The average molecular weight is 299 g/mol. The van der Waals surface area contributed by atoms with Gasteiger partial charge in [0.05, 0.1) is 6.10 Å². The second-order valence-corrected chi connectivity index (χ2v) is 8.13.